The third-order valence-corrected chi connectivity index (χ3v) is 2.94. The molecular formula is C14H17N5O2. The summed E-state index contributed by atoms with van der Waals surface area (Å²) in [5.74, 6) is 1.25. The first-order valence-electron chi connectivity index (χ1n) is 6.28. The first-order chi connectivity index (χ1) is 10.2. The van der Waals surface area contributed by atoms with E-state index in [4.69, 9.17) is 15.7 Å². The fourth-order valence-electron chi connectivity index (χ4n) is 1.96. The minimum Gasteiger partial charge on any atom is -0.497 e. The molecule has 0 unspecified atom stereocenters. The number of oxime groups is 1. The van der Waals surface area contributed by atoms with Crippen LogP contribution in [0, 0.1) is 0 Å². The van der Waals surface area contributed by atoms with Crippen LogP contribution in [-0.4, -0.2) is 35.2 Å². The molecule has 0 aliphatic heterocycles. The van der Waals surface area contributed by atoms with E-state index < -0.39 is 0 Å². The third-order valence-electron chi connectivity index (χ3n) is 2.94. The second kappa shape index (κ2) is 6.56. The molecule has 0 bridgehead atoms. The lowest BCUT2D eigenvalue weighted by Gasteiger charge is -2.20. The number of benzene rings is 1. The van der Waals surface area contributed by atoms with Crippen LogP contribution in [0.5, 0.6) is 5.75 Å². The zero-order chi connectivity index (χ0) is 15.2. The van der Waals surface area contributed by atoms with E-state index in [9.17, 15) is 0 Å². The largest absolute Gasteiger partial charge is 0.497 e. The zero-order valence-electron chi connectivity index (χ0n) is 11.9. The Morgan fingerprint density at radius 2 is 2.14 bits per heavy atom. The van der Waals surface area contributed by atoms with E-state index in [0.717, 1.165) is 11.3 Å². The van der Waals surface area contributed by atoms with Crippen molar-refractivity contribution in [3.8, 4) is 5.75 Å². The minimum absolute atomic E-state index is 0.0735. The van der Waals surface area contributed by atoms with Crippen LogP contribution >= 0.6 is 0 Å². The molecule has 7 heteroatoms. The van der Waals surface area contributed by atoms with Gasteiger partial charge in [-0.15, -0.1) is 0 Å². The molecule has 0 radical (unpaired) electrons. The molecule has 21 heavy (non-hydrogen) atoms. The Labute approximate surface area is 122 Å². The monoisotopic (exact) mass is 287 g/mol. The molecule has 0 amide bonds. The average molecular weight is 287 g/mol. The summed E-state index contributed by atoms with van der Waals surface area (Å²) in [6.45, 7) is 0.585. The molecule has 1 aromatic heterocycles. The van der Waals surface area contributed by atoms with Gasteiger partial charge in [0, 0.05) is 26.0 Å². The number of aromatic nitrogens is 2. The number of methoxy groups -OCH3 is 1. The fraction of sp³-hybridized carbons (Fsp3) is 0.214. The molecule has 1 heterocycles. The van der Waals surface area contributed by atoms with Crippen LogP contribution in [0.15, 0.2) is 41.8 Å². The van der Waals surface area contributed by atoms with E-state index in [0.29, 0.717) is 18.1 Å². The topological polar surface area (TPSA) is 96.9 Å². The first kappa shape index (κ1) is 14.6. The van der Waals surface area contributed by atoms with Gasteiger partial charge in [0.25, 0.3) is 0 Å². The van der Waals surface area contributed by atoms with Gasteiger partial charge in [0.2, 0.25) is 0 Å². The molecule has 0 aliphatic carbocycles. The van der Waals surface area contributed by atoms with Gasteiger partial charge < -0.3 is 20.6 Å². The van der Waals surface area contributed by atoms with Gasteiger partial charge >= 0.3 is 0 Å². The van der Waals surface area contributed by atoms with E-state index in [-0.39, 0.29) is 5.84 Å². The quantitative estimate of drug-likeness (QED) is 0.371. The number of amidine groups is 1. The number of anilines is 1. The van der Waals surface area contributed by atoms with Crippen molar-refractivity contribution in [2.75, 3.05) is 19.1 Å². The Bertz CT molecular complexity index is 645. The Kier molecular flexibility index (Phi) is 4.55. The van der Waals surface area contributed by atoms with Crippen molar-refractivity contribution in [3.05, 3.63) is 47.9 Å². The van der Waals surface area contributed by atoms with Gasteiger partial charge in [-0.3, -0.25) is 0 Å². The van der Waals surface area contributed by atoms with Crippen molar-refractivity contribution in [3.63, 3.8) is 0 Å². The van der Waals surface area contributed by atoms with E-state index in [1.165, 1.54) is 6.20 Å². The molecule has 7 nitrogen and oxygen atoms in total. The van der Waals surface area contributed by atoms with Gasteiger partial charge in [0.05, 0.1) is 7.11 Å². The Balaban J connectivity index is 2.26. The summed E-state index contributed by atoms with van der Waals surface area (Å²) in [6, 6.07) is 7.73. The molecule has 110 valence electrons. The number of ether oxygens (including phenoxy) is 1. The molecule has 0 aliphatic rings. The van der Waals surface area contributed by atoms with Crippen molar-refractivity contribution >= 4 is 11.7 Å². The summed E-state index contributed by atoms with van der Waals surface area (Å²) in [6.07, 6.45) is 3.06. The normalized spacial score (nSPS) is 11.2. The number of nitrogens with zero attached hydrogens (tertiary/aromatic N) is 4. The van der Waals surface area contributed by atoms with E-state index in [1.54, 1.807) is 13.3 Å². The van der Waals surface area contributed by atoms with Gasteiger partial charge in [-0.05, 0) is 17.7 Å². The summed E-state index contributed by atoms with van der Waals surface area (Å²) in [5, 5.41) is 11.8. The van der Waals surface area contributed by atoms with E-state index >= 15 is 0 Å². The molecule has 0 saturated carbocycles. The summed E-state index contributed by atoms with van der Waals surface area (Å²) in [5.41, 5.74) is 7.01. The molecule has 0 fully saturated rings. The molecule has 0 saturated heterocycles. The first-order valence-corrected chi connectivity index (χ1v) is 6.28. The molecule has 3 N–H and O–H groups in total. The number of nitrogens with two attached hydrogens (primary N) is 1. The molecule has 0 atom stereocenters. The molecule has 2 rings (SSSR count). The van der Waals surface area contributed by atoms with Crippen molar-refractivity contribution in [1.29, 1.82) is 0 Å². The third kappa shape index (κ3) is 3.38. The molecule has 1 aromatic carbocycles. The van der Waals surface area contributed by atoms with E-state index in [2.05, 4.69) is 15.1 Å². The zero-order valence-corrected chi connectivity index (χ0v) is 11.9. The lowest BCUT2D eigenvalue weighted by Crippen LogP contribution is -2.24. The fourth-order valence-corrected chi connectivity index (χ4v) is 1.96. The highest BCUT2D eigenvalue weighted by Gasteiger charge is 2.14. The van der Waals surface area contributed by atoms with Crippen LogP contribution in [0.4, 0.5) is 5.82 Å². The summed E-state index contributed by atoms with van der Waals surface area (Å²) >= 11 is 0. The molecule has 2 aromatic rings. The maximum atomic E-state index is 8.81. The molecular weight excluding hydrogens is 270 g/mol. The predicted octanol–water partition coefficient (Wildman–Crippen LogP) is 1.22. The van der Waals surface area contributed by atoms with Gasteiger partial charge in [0.1, 0.15) is 5.75 Å². The summed E-state index contributed by atoms with van der Waals surface area (Å²) in [7, 11) is 3.49. The molecule has 0 spiro atoms. The van der Waals surface area contributed by atoms with Crippen LogP contribution < -0.4 is 15.4 Å². The van der Waals surface area contributed by atoms with Gasteiger partial charge in [0.15, 0.2) is 17.3 Å². The maximum Gasteiger partial charge on any atom is 0.192 e. The SMILES string of the molecule is COc1cccc(CN(C)c2nccnc2C(N)=NO)c1. The van der Waals surface area contributed by atoms with Crippen molar-refractivity contribution < 1.29 is 9.94 Å². The van der Waals surface area contributed by atoms with Crippen molar-refractivity contribution in [2.24, 2.45) is 10.9 Å². The second-order valence-corrected chi connectivity index (χ2v) is 4.42. The van der Waals surface area contributed by atoms with Crippen LogP contribution in [0.1, 0.15) is 11.3 Å². The van der Waals surface area contributed by atoms with Crippen LogP contribution in [0.25, 0.3) is 0 Å². The lowest BCUT2D eigenvalue weighted by atomic mass is 10.2. The Morgan fingerprint density at radius 3 is 2.86 bits per heavy atom. The summed E-state index contributed by atoms with van der Waals surface area (Å²) < 4.78 is 5.20. The Hall–Kier alpha value is -2.83. The number of rotatable bonds is 5. The highest BCUT2D eigenvalue weighted by Crippen LogP contribution is 2.18. The average Bonchev–Trinajstić information content (AvgIpc) is 2.54. The van der Waals surface area contributed by atoms with Crippen LogP contribution in [0.2, 0.25) is 0 Å². The number of hydrogen-bond donors (Lipinski definition) is 2. The summed E-state index contributed by atoms with van der Waals surface area (Å²) in [4.78, 5) is 10.2. The predicted molar refractivity (Wildman–Crippen MR) is 79.6 cm³/mol. The smallest absolute Gasteiger partial charge is 0.192 e. The standard InChI is InChI=1S/C14H17N5O2/c1-19(9-10-4-3-5-11(8-10)21-2)14-12(13(15)18-20)16-6-7-17-14/h3-8,20H,9H2,1-2H3,(H2,15,18). The highest BCUT2D eigenvalue weighted by atomic mass is 16.5. The second-order valence-electron chi connectivity index (χ2n) is 4.42. The van der Waals surface area contributed by atoms with Crippen LogP contribution in [-0.2, 0) is 6.54 Å². The Morgan fingerprint density at radius 1 is 1.38 bits per heavy atom. The van der Waals surface area contributed by atoms with Gasteiger partial charge in [-0.2, -0.15) is 0 Å². The van der Waals surface area contributed by atoms with Crippen LogP contribution in [0.3, 0.4) is 0 Å². The van der Waals surface area contributed by atoms with Crippen molar-refractivity contribution in [1.82, 2.24) is 9.97 Å². The maximum absolute atomic E-state index is 8.81. The van der Waals surface area contributed by atoms with E-state index in [1.807, 2.05) is 36.2 Å². The van der Waals surface area contributed by atoms with Gasteiger partial charge in [-0.25, -0.2) is 9.97 Å². The van der Waals surface area contributed by atoms with Crippen molar-refractivity contribution in [2.45, 2.75) is 6.54 Å². The van der Waals surface area contributed by atoms with Gasteiger partial charge in [-0.1, -0.05) is 17.3 Å². The minimum atomic E-state index is -0.0735. The highest BCUT2D eigenvalue weighted by molar-refractivity contribution is 5.99. The lowest BCUT2D eigenvalue weighted by molar-refractivity contribution is 0.318. The number of hydrogen-bond acceptors (Lipinski definition) is 6.